The first-order chi connectivity index (χ1) is 9.69. The molecule has 1 N–H and O–H groups in total. The fourth-order valence-corrected chi connectivity index (χ4v) is 2.67. The molecule has 0 radical (unpaired) electrons. The highest BCUT2D eigenvalue weighted by molar-refractivity contribution is 5.41. The molecule has 0 aromatic heterocycles. The van der Waals surface area contributed by atoms with Gasteiger partial charge in [-0.25, -0.2) is 0 Å². The van der Waals surface area contributed by atoms with Crippen LogP contribution in [0, 0.1) is 5.92 Å². The molecule has 1 aliphatic heterocycles. The zero-order valence-corrected chi connectivity index (χ0v) is 12.5. The molecular weight excluding hydrogens is 254 g/mol. The topological polar surface area (TPSA) is 41.9 Å². The Balaban J connectivity index is 1.89. The molecule has 0 amide bonds. The van der Waals surface area contributed by atoms with Crippen LogP contribution in [0.25, 0.3) is 0 Å². The van der Waals surface area contributed by atoms with Crippen molar-refractivity contribution in [1.29, 1.82) is 0 Å². The number of ether oxygens (including phenoxy) is 2. The smallest absolute Gasteiger partial charge is 0.161 e. The van der Waals surface area contributed by atoms with Crippen LogP contribution in [0.3, 0.4) is 0 Å². The van der Waals surface area contributed by atoms with Crippen molar-refractivity contribution in [3.63, 3.8) is 0 Å². The van der Waals surface area contributed by atoms with E-state index in [2.05, 4.69) is 11.9 Å². The molecule has 0 bridgehead atoms. The minimum absolute atomic E-state index is 0.211. The first-order valence-corrected chi connectivity index (χ1v) is 7.40. The molecular formula is C16H25NO3. The SMILES string of the molecule is CCOc1cc(CN(C)CC2CCOCC2)ccc1O. The van der Waals surface area contributed by atoms with Gasteiger partial charge in [0.25, 0.3) is 0 Å². The van der Waals surface area contributed by atoms with Crippen LogP contribution >= 0.6 is 0 Å². The van der Waals surface area contributed by atoms with Crippen molar-refractivity contribution in [2.24, 2.45) is 5.92 Å². The Kier molecular flexibility index (Phi) is 5.68. The van der Waals surface area contributed by atoms with E-state index in [1.807, 2.05) is 19.1 Å². The second kappa shape index (κ2) is 7.50. The van der Waals surface area contributed by atoms with Gasteiger partial charge in [-0.05, 0) is 50.4 Å². The van der Waals surface area contributed by atoms with Crippen molar-refractivity contribution in [3.8, 4) is 11.5 Å². The van der Waals surface area contributed by atoms with E-state index in [9.17, 15) is 5.11 Å². The highest BCUT2D eigenvalue weighted by Crippen LogP contribution is 2.27. The molecule has 0 spiro atoms. The van der Waals surface area contributed by atoms with Crippen LogP contribution in [-0.4, -0.2) is 43.4 Å². The third-order valence-electron chi connectivity index (χ3n) is 3.69. The van der Waals surface area contributed by atoms with Gasteiger partial charge in [0, 0.05) is 26.3 Å². The standard InChI is InChI=1S/C16H25NO3/c1-3-20-16-10-14(4-5-15(16)18)12-17(2)11-13-6-8-19-9-7-13/h4-5,10,13,18H,3,6-9,11-12H2,1-2H3. The third kappa shape index (κ3) is 4.39. The average molecular weight is 279 g/mol. The molecule has 1 aromatic rings. The van der Waals surface area contributed by atoms with E-state index in [4.69, 9.17) is 9.47 Å². The number of phenols is 1. The molecule has 0 atom stereocenters. The summed E-state index contributed by atoms with van der Waals surface area (Å²) in [6.07, 6.45) is 2.31. The van der Waals surface area contributed by atoms with Gasteiger partial charge in [0.15, 0.2) is 11.5 Å². The molecule has 1 saturated heterocycles. The molecule has 20 heavy (non-hydrogen) atoms. The predicted octanol–water partition coefficient (Wildman–Crippen LogP) is 2.65. The van der Waals surface area contributed by atoms with E-state index in [0.717, 1.165) is 45.1 Å². The summed E-state index contributed by atoms with van der Waals surface area (Å²) in [4.78, 5) is 2.33. The first kappa shape index (κ1) is 15.1. The highest BCUT2D eigenvalue weighted by atomic mass is 16.5. The van der Waals surface area contributed by atoms with Crippen molar-refractivity contribution < 1.29 is 14.6 Å². The van der Waals surface area contributed by atoms with Crippen molar-refractivity contribution in [1.82, 2.24) is 4.90 Å². The Morgan fingerprint density at radius 2 is 2.10 bits per heavy atom. The summed E-state index contributed by atoms with van der Waals surface area (Å²) < 4.78 is 10.8. The molecule has 1 fully saturated rings. The Morgan fingerprint density at radius 1 is 1.35 bits per heavy atom. The van der Waals surface area contributed by atoms with Crippen LogP contribution in [0.4, 0.5) is 0 Å². The zero-order chi connectivity index (χ0) is 14.4. The molecule has 4 heteroatoms. The Hall–Kier alpha value is -1.26. The van der Waals surface area contributed by atoms with E-state index in [1.165, 1.54) is 5.56 Å². The molecule has 1 aliphatic rings. The van der Waals surface area contributed by atoms with Gasteiger partial charge in [0.05, 0.1) is 6.61 Å². The quantitative estimate of drug-likeness (QED) is 0.869. The molecule has 0 aliphatic carbocycles. The van der Waals surface area contributed by atoms with Gasteiger partial charge in [-0.15, -0.1) is 0 Å². The fourth-order valence-electron chi connectivity index (χ4n) is 2.67. The molecule has 0 unspecified atom stereocenters. The van der Waals surface area contributed by atoms with Crippen LogP contribution in [-0.2, 0) is 11.3 Å². The van der Waals surface area contributed by atoms with Crippen LogP contribution in [0.1, 0.15) is 25.3 Å². The molecule has 2 rings (SSSR count). The van der Waals surface area contributed by atoms with E-state index >= 15 is 0 Å². The number of rotatable bonds is 6. The lowest BCUT2D eigenvalue weighted by atomic mass is 10.00. The van der Waals surface area contributed by atoms with Crippen molar-refractivity contribution in [2.75, 3.05) is 33.4 Å². The Bertz CT molecular complexity index is 416. The lowest BCUT2D eigenvalue weighted by Gasteiger charge is -2.27. The first-order valence-electron chi connectivity index (χ1n) is 7.40. The Morgan fingerprint density at radius 3 is 2.80 bits per heavy atom. The largest absolute Gasteiger partial charge is 0.504 e. The summed E-state index contributed by atoms with van der Waals surface area (Å²) in [5.74, 6) is 1.52. The molecule has 1 aromatic carbocycles. The number of hydrogen-bond donors (Lipinski definition) is 1. The summed E-state index contributed by atoms with van der Waals surface area (Å²) >= 11 is 0. The molecule has 1 heterocycles. The zero-order valence-electron chi connectivity index (χ0n) is 12.5. The predicted molar refractivity (Wildman–Crippen MR) is 79.2 cm³/mol. The van der Waals surface area contributed by atoms with Gasteiger partial charge in [0.2, 0.25) is 0 Å². The number of aromatic hydroxyl groups is 1. The lowest BCUT2D eigenvalue weighted by molar-refractivity contribution is 0.0549. The van der Waals surface area contributed by atoms with E-state index in [-0.39, 0.29) is 5.75 Å². The van der Waals surface area contributed by atoms with Gasteiger partial charge in [0.1, 0.15) is 0 Å². The number of nitrogens with zero attached hydrogens (tertiary/aromatic N) is 1. The monoisotopic (exact) mass is 279 g/mol. The normalized spacial score (nSPS) is 16.6. The summed E-state index contributed by atoms with van der Waals surface area (Å²) in [6.45, 7) is 6.24. The lowest BCUT2D eigenvalue weighted by Crippen LogP contribution is -2.29. The second-order valence-corrected chi connectivity index (χ2v) is 5.49. The molecule has 4 nitrogen and oxygen atoms in total. The van der Waals surface area contributed by atoms with Gasteiger partial charge in [-0.2, -0.15) is 0 Å². The highest BCUT2D eigenvalue weighted by Gasteiger charge is 2.16. The van der Waals surface area contributed by atoms with Gasteiger partial charge >= 0.3 is 0 Å². The van der Waals surface area contributed by atoms with Crippen LogP contribution in [0.2, 0.25) is 0 Å². The van der Waals surface area contributed by atoms with Gasteiger partial charge in [-0.3, -0.25) is 0 Å². The Labute approximate surface area is 121 Å². The average Bonchev–Trinajstić information content (AvgIpc) is 2.44. The summed E-state index contributed by atoms with van der Waals surface area (Å²) in [5, 5.41) is 9.71. The number of phenolic OH excluding ortho intramolecular Hbond substituents is 1. The fraction of sp³-hybridized carbons (Fsp3) is 0.625. The molecule has 112 valence electrons. The van der Waals surface area contributed by atoms with Crippen molar-refractivity contribution in [2.45, 2.75) is 26.3 Å². The third-order valence-corrected chi connectivity index (χ3v) is 3.69. The van der Waals surface area contributed by atoms with Crippen LogP contribution < -0.4 is 4.74 Å². The van der Waals surface area contributed by atoms with E-state index in [1.54, 1.807) is 6.07 Å². The molecule has 0 saturated carbocycles. The number of hydrogen-bond acceptors (Lipinski definition) is 4. The number of benzene rings is 1. The van der Waals surface area contributed by atoms with E-state index < -0.39 is 0 Å². The minimum Gasteiger partial charge on any atom is -0.504 e. The van der Waals surface area contributed by atoms with Crippen LogP contribution in [0.5, 0.6) is 11.5 Å². The van der Waals surface area contributed by atoms with Crippen molar-refractivity contribution >= 4 is 0 Å². The maximum atomic E-state index is 9.71. The van der Waals surface area contributed by atoms with Crippen LogP contribution in [0.15, 0.2) is 18.2 Å². The van der Waals surface area contributed by atoms with Gasteiger partial charge in [-0.1, -0.05) is 6.07 Å². The van der Waals surface area contributed by atoms with Gasteiger partial charge < -0.3 is 19.5 Å². The maximum Gasteiger partial charge on any atom is 0.161 e. The summed E-state index contributed by atoms with van der Waals surface area (Å²) in [6, 6.07) is 5.60. The maximum absolute atomic E-state index is 9.71. The summed E-state index contributed by atoms with van der Waals surface area (Å²) in [5.41, 5.74) is 1.17. The van der Waals surface area contributed by atoms with E-state index in [0.29, 0.717) is 12.4 Å². The summed E-state index contributed by atoms with van der Waals surface area (Å²) in [7, 11) is 2.14. The van der Waals surface area contributed by atoms with Crippen molar-refractivity contribution in [3.05, 3.63) is 23.8 Å². The minimum atomic E-state index is 0.211. The second-order valence-electron chi connectivity index (χ2n) is 5.49.